The summed E-state index contributed by atoms with van der Waals surface area (Å²) >= 11 is 0. The molecular weight excluding hydrogens is 460 g/mol. The molecule has 2 heterocycles. The van der Waals surface area contributed by atoms with Crippen LogP contribution in [0.5, 0.6) is 23.0 Å². The lowest BCUT2D eigenvalue weighted by molar-refractivity contribution is 0.0224. The van der Waals surface area contributed by atoms with Gasteiger partial charge in [0.1, 0.15) is 23.0 Å². The van der Waals surface area contributed by atoms with E-state index in [4.69, 9.17) is 19.1 Å². The van der Waals surface area contributed by atoms with Crippen molar-refractivity contribution in [3.63, 3.8) is 0 Å². The van der Waals surface area contributed by atoms with E-state index in [0.29, 0.717) is 33.8 Å². The van der Waals surface area contributed by atoms with Crippen molar-refractivity contribution >= 4 is 22.5 Å². The van der Waals surface area contributed by atoms with E-state index < -0.39 is 28.1 Å². The molecule has 33 heavy (non-hydrogen) atoms. The average Bonchev–Trinajstić information content (AvgIpc) is 3.00. The summed E-state index contributed by atoms with van der Waals surface area (Å²) in [5.74, 6) is 0.408. The molecule has 0 unspecified atom stereocenters. The van der Waals surface area contributed by atoms with Crippen LogP contribution in [0.1, 0.15) is 27.0 Å². The molecule has 4 N–H and O–H groups in total. The van der Waals surface area contributed by atoms with Crippen molar-refractivity contribution < 1.29 is 51.5 Å². The number of hydrogen-bond acceptors (Lipinski definition) is 9. The molecule has 1 spiro atoms. The Balaban J connectivity index is 0.000000281. The minimum Gasteiger partial charge on any atom is -0.508 e. The lowest BCUT2D eigenvalue weighted by Crippen LogP contribution is -2.32. The third-order valence-electron chi connectivity index (χ3n) is 4.86. The zero-order valence-electron chi connectivity index (χ0n) is 16.3. The second-order valence-electron chi connectivity index (χ2n) is 6.86. The number of hydrogen-bond donors (Lipinski definition) is 4. The van der Waals surface area contributed by atoms with Gasteiger partial charge in [-0.15, -0.1) is 0 Å². The van der Waals surface area contributed by atoms with Gasteiger partial charge in [0.15, 0.2) is 5.60 Å². The summed E-state index contributed by atoms with van der Waals surface area (Å²) in [4.78, 5) is 21.8. The summed E-state index contributed by atoms with van der Waals surface area (Å²) in [7, 11) is -4.82. The van der Waals surface area contributed by atoms with Gasteiger partial charge in [0.2, 0.25) is 0 Å². The van der Waals surface area contributed by atoms with Gasteiger partial charge < -0.3 is 24.8 Å². The summed E-state index contributed by atoms with van der Waals surface area (Å²) in [6, 6.07) is 16.6. The molecule has 11 nitrogen and oxygen atoms in total. The smallest absolute Gasteiger partial charge is 0.508 e. The van der Waals surface area contributed by atoms with Gasteiger partial charge in [-0.3, -0.25) is 8.74 Å². The first-order valence-corrected chi connectivity index (χ1v) is 10.5. The predicted octanol–water partition coefficient (Wildman–Crippen LogP) is 3.15. The molecule has 2 aliphatic heterocycles. The van der Waals surface area contributed by atoms with E-state index in [2.05, 4.69) is 4.18 Å². The molecule has 2 aliphatic rings. The monoisotopic (exact) mass is 474 g/mol. The maximum atomic E-state index is 12.5. The molecule has 5 rings (SSSR count). The molecule has 170 valence electrons. The number of rotatable bonds is 1. The van der Waals surface area contributed by atoms with Crippen LogP contribution in [0.25, 0.3) is 0 Å². The minimum atomic E-state index is -4.82. The molecule has 3 aromatic carbocycles. The van der Waals surface area contributed by atoms with Crippen LogP contribution < -0.4 is 4.74 Å². The largest absolute Gasteiger partial charge is 0.523 e. The molecule has 0 saturated carbocycles. The second kappa shape index (κ2) is 7.69. The number of aromatic hydroxyl groups is 2. The van der Waals surface area contributed by atoms with Crippen molar-refractivity contribution in [3.8, 4) is 23.0 Å². The van der Waals surface area contributed by atoms with Crippen LogP contribution in [0.4, 0.5) is 4.79 Å². The van der Waals surface area contributed by atoms with Gasteiger partial charge in [0, 0.05) is 28.8 Å². The van der Waals surface area contributed by atoms with Gasteiger partial charge in [-0.2, -0.15) is 8.42 Å². The highest BCUT2D eigenvalue weighted by Gasteiger charge is 2.53. The van der Waals surface area contributed by atoms with Crippen LogP contribution >= 0.6 is 0 Å². The van der Waals surface area contributed by atoms with Gasteiger partial charge in [-0.1, -0.05) is 18.2 Å². The van der Waals surface area contributed by atoms with Crippen molar-refractivity contribution in [2.45, 2.75) is 5.60 Å². The quantitative estimate of drug-likeness (QED) is 0.301. The highest BCUT2D eigenvalue weighted by atomic mass is 32.3. The molecular formula is C21H14O11S. The van der Waals surface area contributed by atoms with E-state index in [9.17, 15) is 28.2 Å². The van der Waals surface area contributed by atoms with Crippen LogP contribution in [0.3, 0.4) is 0 Å². The number of fused-ring (bicyclic) bond motifs is 6. The predicted molar refractivity (Wildman–Crippen MR) is 109 cm³/mol. The fourth-order valence-corrected chi connectivity index (χ4v) is 3.92. The van der Waals surface area contributed by atoms with E-state index in [1.54, 1.807) is 24.3 Å². The summed E-state index contributed by atoms with van der Waals surface area (Å²) in [6.07, 6.45) is -2.06. The molecule has 3 aromatic rings. The second-order valence-corrected chi connectivity index (χ2v) is 7.88. The van der Waals surface area contributed by atoms with Crippen molar-refractivity contribution in [2.75, 3.05) is 0 Å². The number of carboxylic acid groups (broad SMARTS) is 1. The summed E-state index contributed by atoms with van der Waals surface area (Å²) in [5.41, 5.74) is 1.28. The number of phenolic OH excluding ortho intramolecular Hbond substituents is 2. The summed E-state index contributed by atoms with van der Waals surface area (Å²) < 4.78 is 41.0. The van der Waals surface area contributed by atoms with Crippen LogP contribution in [-0.2, 0) is 24.9 Å². The molecule has 0 atom stereocenters. The van der Waals surface area contributed by atoms with Crippen LogP contribution in [0.2, 0.25) is 0 Å². The Labute approximate surface area is 186 Å². The Morgan fingerprint density at radius 3 is 1.91 bits per heavy atom. The maximum absolute atomic E-state index is 12.5. The molecule has 0 saturated heterocycles. The van der Waals surface area contributed by atoms with Crippen molar-refractivity contribution in [3.05, 3.63) is 82.9 Å². The zero-order chi connectivity index (χ0) is 24.0. The standard InChI is InChI=1S/C20H12O5.CH2O6S/c21-11-5-7-15-17(9-11)24-18-10-12(22)6-8-16(18)20(15)14-4-2-1-3-13(14)19(23)25-20;2-1(3)7-8(4,5)6/h1-10,21-22H;(H,2,3)(H,4,5,6). The molecule has 0 amide bonds. The molecule has 0 radical (unpaired) electrons. The first-order chi connectivity index (χ1) is 15.5. The van der Waals surface area contributed by atoms with Crippen LogP contribution in [-0.4, -0.2) is 40.4 Å². The number of carbonyl (C=O) groups excluding carboxylic acids is 1. The fourth-order valence-electron chi connectivity index (χ4n) is 3.74. The van der Waals surface area contributed by atoms with Gasteiger partial charge in [0.25, 0.3) is 0 Å². The third-order valence-corrected chi connectivity index (χ3v) is 5.21. The number of esters is 1. The SMILES string of the molecule is O=C(O)OS(=O)(=O)O.O=C1OC2(c3ccc(O)cc3Oc3cc(O)ccc32)c2ccccc21. The fraction of sp³-hybridized carbons (Fsp3) is 0.0476. The van der Waals surface area contributed by atoms with E-state index in [-0.39, 0.29) is 11.5 Å². The van der Waals surface area contributed by atoms with Crippen LogP contribution in [0, 0.1) is 0 Å². The van der Waals surface area contributed by atoms with Gasteiger partial charge in [-0.05, 0) is 30.3 Å². The maximum Gasteiger partial charge on any atom is 0.523 e. The van der Waals surface area contributed by atoms with Gasteiger partial charge in [-0.25, -0.2) is 9.59 Å². The number of phenols is 2. The molecule has 0 bridgehead atoms. The Hall–Kier alpha value is -4.29. The Morgan fingerprint density at radius 2 is 1.42 bits per heavy atom. The number of ether oxygens (including phenoxy) is 2. The van der Waals surface area contributed by atoms with Crippen molar-refractivity contribution in [2.24, 2.45) is 0 Å². The van der Waals surface area contributed by atoms with Crippen molar-refractivity contribution in [1.29, 1.82) is 0 Å². The Kier molecular flexibility index (Phi) is 5.11. The minimum absolute atomic E-state index is 0.0371. The molecule has 12 heteroatoms. The first-order valence-electron chi connectivity index (χ1n) is 9.09. The highest BCUT2D eigenvalue weighted by Crippen LogP contribution is 2.56. The highest BCUT2D eigenvalue weighted by molar-refractivity contribution is 7.81. The van der Waals surface area contributed by atoms with E-state index in [0.717, 1.165) is 0 Å². The average molecular weight is 474 g/mol. The summed E-state index contributed by atoms with van der Waals surface area (Å²) in [5, 5.41) is 27.2. The van der Waals surface area contributed by atoms with E-state index >= 15 is 0 Å². The first kappa shape index (κ1) is 21.9. The Morgan fingerprint density at radius 1 is 0.879 bits per heavy atom. The van der Waals surface area contributed by atoms with Gasteiger partial charge in [0.05, 0.1) is 5.56 Å². The van der Waals surface area contributed by atoms with E-state index in [1.807, 2.05) is 12.1 Å². The number of carbonyl (C=O) groups is 2. The number of benzene rings is 3. The summed E-state index contributed by atoms with van der Waals surface area (Å²) in [6.45, 7) is 0. The van der Waals surface area contributed by atoms with E-state index in [1.165, 1.54) is 24.3 Å². The molecule has 0 fully saturated rings. The molecule has 0 aromatic heterocycles. The lowest BCUT2D eigenvalue weighted by atomic mass is 9.77. The molecule has 0 aliphatic carbocycles. The Bertz CT molecular complexity index is 1340. The van der Waals surface area contributed by atoms with Crippen LogP contribution in [0.15, 0.2) is 60.7 Å². The lowest BCUT2D eigenvalue weighted by Gasteiger charge is -2.36. The zero-order valence-corrected chi connectivity index (χ0v) is 17.1. The van der Waals surface area contributed by atoms with Gasteiger partial charge >= 0.3 is 22.5 Å². The van der Waals surface area contributed by atoms with Crippen molar-refractivity contribution in [1.82, 2.24) is 0 Å². The third kappa shape index (κ3) is 3.88. The topological polar surface area (TPSA) is 177 Å². The normalized spacial score (nSPS) is 14.5.